The highest BCUT2D eigenvalue weighted by Gasteiger charge is 2.40. The normalized spacial score (nSPS) is 24.5. The van der Waals surface area contributed by atoms with Crippen molar-refractivity contribution in [2.75, 3.05) is 19.7 Å². The summed E-state index contributed by atoms with van der Waals surface area (Å²) < 4.78 is 84.5. The monoisotopic (exact) mass is 483 g/mol. The Hall–Kier alpha value is -2.84. The van der Waals surface area contributed by atoms with Gasteiger partial charge in [-0.25, -0.2) is 0 Å². The topological polar surface area (TPSA) is 102 Å². The number of aliphatic hydroxyl groups is 2. The molecular formula is C19H19F6N3O5. The zero-order valence-corrected chi connectivity index (χ0v) is 16.9. The molecule has 14 heteroatoms. The van der Waals surface area contributed by atoms with Gasteiger partial charge in [-0.15, -0.1) is 0 Å². The van der Waals surface area contributed by atoms with Gasteiger partial charge < -0.3 is 30.1 Å². The second-order valence-corrected chi connectivity index (χ2v) is 7.51. The number of hydrogen-bond donors (Lipinski definition) is 3. The highest BCUT2D eigenvalue weighted by Crippen LogP contribution is 2.36. The van der Waals surface area contributed by atoms with Crippen molar-refractivity contribution in [3.8, 4) is 0 Å². The Morgan fingerprint density at radius 3 is 2.21 bits per heavy atom. The molecule has 33 heavy (non-hydrogen) atoms. The Morgan fingerprint density at radius 1 is 1.12 bits per heavy atom. The number of amides is 2. The van der Waals surface area contributed by atoms with Gasteiger partial charge in [0.25, 0.3) is 11.8 Å². The Bertz CT molecular complexity index is 932. The van der Waals surface area contributed by atoms with Crippen LogP contribution >= 0.6 is 0 Å². The fourth-order valence-corrected chi connectivity index (χ4v) is 3.41. The van der Waals surface area contributed by atoms with Crippen LogP contribution in [0, 0.1) is 0 Å². The Labute approximate surface area is 183 Å². The van der Waals surface area contributed by atoms with Crippen molar-refractivity contribution >= 4 is 11.8 Å². The smallest absolute Gasteiger partial charge is 0.394 e. The van der Waals surface area contributed by atoms with E-state index in [1.807, 2.05) is 0 Å². The molecule has 0 radical (unpaired) electrons. The molecule has 2 aliphatic rings. The zero-order chi connectivity index (χ0) is 24.7. The predicted octanol–water partition coefficient (Wildman–Crippen LogP) is 1.50. The summed E-state index contributed by atoms with van der Waals surface area (Å²) in [6.45, 7) is 0.0759. The molecule has 0 spiro atoms. The van der Waals surface area contributed by atoms with Crippen molar-refractivity contribution < 1.29 is 50.9 Å². The summed E-state index contributed by atoms with van der Waals surface area (Å²) in [7, 11) is 0. The number of nitrogens with one attached hydrogen (secondary N) is 1. The van der Waals surface area contributed by atoms with Gasteiger partial charge in [0.15, 0.2) is 6.23 Å². The van der Waals surface area contributed by atoms with Gasteiger partial charge in [0.2, 0.25) is 6.35 Å². The molecule has 0 aromatic heterocycles. The van der Waals surface area contributed by atoms with E-state index < -0.39 is 66.1 Å². The van der Waals surface area contributed by atoms with Gasteiger partial charge in [0.1, 0.15) is 6.10 Å². The number of nitrogens with zero attached hydrogens (tertiary/aromatic N) is 2. The molecule has 3 atom stereocenters. The molecule has 3 N–H and O–H groups in total. The van der Waals surface area contributed by atoms with E-state index in [-0.39, 0.29) is 24.7 Å². The molecule has 2 unspecified atom stereocenters. The maximum Gasteiger partial charge on any atom is 0.416 e. The molecule has 0 bridgehead atoms. The lowest BCUT2D eigenvalue weighted by Crippen LogP contribution is -2.61. The van der Waals surface area contributed by atoms with Crippen LogP contribution in [-0.2, 0) is 21.9 Å². The summed E-state index contributed by atoms with van der Waals surface area (Å²) >= 11 is 0. The molecule has 1 saturated heterocycles. The number of aliphatic hydroxyl groups excluding tert-OH is 2. The van der Waals surface area contributed by atoms with E-state index in [1.165, 1.54) is 13.1 Å². The third kappa shape index (κ3) is 5.39. The van der Waals surface area contributed by atoms with Crippen molar-refractivity contribution in [1.82, 2.24) is 15.1 Å². The third-order valence-electron chi connectivity index (χ3n) is 5.05. The lowest BCUT2D eigenvalue weighted by Gasteiger charge is -2.44. The van der Waals surface area contributed by atoms with Crippen molar-refractivity contribution in [3.63, 3.8) is 0 Å². The molecule has 2 aliphatic heterocycles. The maximum absolute atomic E-state index is 13.2. The minimum absolute atomic E-state index is 0.0875. The van der Waals surface area contributed by atoms with Gasteiger partial charge in [0.05, 0.1) is 24.3 Å². The SMILES string of the molecule is CC1=CN(C2CN(C(=O)c3cc(C(F)(F)F)cc(C(F)(F)F)c3)C[C@@H](CO)O2)C(O)NC1=O. The summed E-state index contributed by atoms with van der Waals surface area (Å²) in [6, 6.07) is 0.543. The number of ether oxygens (including phenoxy) is 1. The van der Waals surface area contributed by atoms with Crippen molar-refractivity contribution in [3.05, 3.63) is 46.7 Å². The summed E-state index contributed by atoms with van der Waals surface area (Å²) in [5, 5.41) is 21.8. The van der Waals surface area contributed by atoms with Crippen molar-refractivity contribution in [1.29, 1.82) is 0 Å². The molecule has 1 aromatic rings. The number of benzene rings is 1. The number of carbonyl (C=O) groups is 2. The molecule has 1 fully saturated rings. The first-order valence-corrected chi connectivity index (χ1v) is 9.50. The van der Waals surface area contributed by atoms with Crippen LogP contribution in [0.5, 0.6) is 0 Å². The number of rotatable bonds is 3. The standard InChI is InChI=1S/C19H19F6N3O5/c1-9-5-28(17(32)26-15(9)30)14-7-27(6-13(8-29)33-14)16(31)10-2-11(18(20,21)22)4-12(3-10)19(23,24)25/h2-5,13-14,17,29,32H,6-8H2,1H3,(H,26,30)/t13-,14?,17?/m0/s1. The van der Waals surface area contributed by atoms with E-state index in [4.69, 9.17) is 4.74 Å². The minimum atomic E-state index is -5.13. The van der Waals surface area contributed by atoms with E-state index in [1.54, 1.807) is 0 Å². The second-order valence-electron chi connectivity index (χ2n) is 7.51. The average Bonchev–Trinajstić information content (AvgIpc) is 2.73. The van der Waals surface area contributed by atoms with E-state index in [0.29, 0.717) is 12.1 Å². The van der Waals surface area contributed by atoms with Crippen LogP contribution in [0.25, 0.3) is 0 Å². The van der Waals surface area contributed by atoms with Crippen LogP contribution in [-0.4, -0.2) is 70.2 Å². The fourth-order valence-electron chi connectivity index (χ4n) is 3.41. The Morgan fingerprint density at radius 2 is 1.70 bits per heavy atom. The average molecular weight is 483 g/mol. The lowest BCUT2D eigenvalue weighted by atomic mass is 10.0. The van der Waals surface area contributed by atoms with Crippen LogP contribution in [0.4, 0.5) is 26.3 Å². The Kier molecular flexibility index (Phi) is 6.64. The predicted molar refractivity (Wildman–Crippen MR) is 97.8 cm³/mol. The van der Waals surface area contributed by atoms with Gasteiger partial charge >= 0.3 is 12.4 Å². The van der Waals surface area contributed by atoms with Crippen LogP contribution in [0.2, 0.25) is 0 Å². The lowest BCUT2D eigenvalue weighted by molar-refractivity contribution is -0.184. The van der Waals surface area contributed by atoms with E-state index in [2.05, 4.69) is 5.32 Å². The summed E-state index contributed by atoms with van der Waals surface area (Å²) in [5.74, 6) is -1.74. The first-order valence-electron chi connectivity index (χ1n) is 9.50. The van der Waals surface area contributed by atoms with Gasteiger partial charge in [-0.05, 0) is 25.1 Å². The molecule has 3 rings (SSSR count). The van der Waals surface area contributed by atoms with E-state index in [0.717, 1.165) is 9.80 Å². The minimum Gasteiger partial charge on any atom is -0.394 e. The summed E-state index contributed by atoms with van der Waals surface area (Å²) in [5.41, 5.74) is -3.97. The number of alkyl halides is 6. The largest absolute Gasteiger partial charge is 0.416 e. The highest BCUT2D eigenvalue weighted by atomic mass is 19.4. The van der Waals surface area contributed by atoms with Gasteiger partial charge in [-0.1, -0.05) is 0 Å². The molecule has 2 amide bonds. The van der Waals surface area contributed by atoms with Gasteiger partial charge in [-0.3, -0.25) is 9.59 Å². The number of morpholine rings is 1. The fraction of sp³-hybridized carbons (Fsp3) is 0.474. The van der Waals surface area contributed by atoms with Crippen LogP contribution < -0.4 is 5.32 Å². The molecule has 0 aliphatic carbocycles. The second kappa shape index (κ2) is 8.83. The highest BCUT2D eigenvalue weighted by molar-refractivity contribution is 5.95. The van der Waals surface area contributed by atoms with E-state index in [9.17, 15) is 46.1 Å². The molecule has 8 nitrogen and oxygen atoms in total. The van der Waals surface area contributed by atoms with E-state index >= 15 is 0 Å². The third-order valence-corrected chi connectivity index (χ3v) is 5.05. The summed E-state index contributed by atoms with van der Waals surface area (Å²) in [4.78, 5) is 26.6. The first-order chi connectivity index (χ1) is 15.2. The quantitative estimate of drug-likeness (QED) is 0.564. The van der Waals surface area contributed by atoms with Crippen molar-refractivity contribution in [2.45, 2.75) is 38.0 Å². The first kappa shape index (κ1) is 24.8. The Balaban J connectivity index is 1.95. The van der Waals surface area contributed by atoms with Gasteiger partial charge in [-0.2, -0.15) is 26.3 Å². The molecule has 182 valence electrons. The molecule has 2 heterocycles. The van der Waals surface area contributed by atoms with Crippen LogP contribution in [0.3, 0.4) is 0 Å². The number of halogens is 6. The molecular weight excluding hydrogens is 464 g/mol. The zero-order valence-electron chi connectivity index (χ0n) is 16.9. The molecule has 0 saturated carbocycles. The van der Waals surface area contributed by atoms with Crippen molar-refractivity contribution in [2.24, 2.45) is 0 Å². The summed E-state index contributed by atoms with van der Waals surface area (Å²) in [6.07, 6.45) is -12.8. The number of hydrogen-bond acceptors (Lipinski definition) is 6. The maximum atomic E-state index is 13.2. The van der Waals surface area contributed by atoms with Crippen LogP contribution in [0.15, 0.2) is 30.0 Å². The van der Waals surface area contributed by atoms with Crippen LogP contribution in [0.1, 0.15) is 28.4 Å². The van der Waals surface area contributed by atoms with Gasteiger partial charge in [0, 0.05) is 23.9 Å². The molecule has 1 aromatic carbocycles. The number of carbonyl (C=O) groups excluding carboxylic acids is 2.